The third-order valence-electron chi connectivity index (χ3n) is 2.38. The van der Waals surface area contributed by atoms with E-state index in [1.165, 1.54) is 16.8 Å². The van der Waals surface area contributed by atoms with Crippen molar-refractivity contribution in [3.8, 4) is 0 Å². The molecular formula is C11H14N2. The first-order chi connectivity index (χ1) is 6.18. The zero-order valence-corrected chi connectivity index (χ0v) is 8.04. The fourth-order valence-electron chi connectivity index (χ4n) is 1.72. The molecule has 0 aromatic heterocycles. The summed E-state index contributed by atoms with van der Waals surface area (Å²) in [6.45, 7) is 5.15. The van der Waals surface area contributed by atoms with E-state index in [9.17, 15) is 0 Å². The van der Waals surface area contributed by atoms with Crippen molar-refractivity contribution in [3.05, 3.63) is 29.3 Å². The minimum Gasteiger partial charge on any atom is -0.399 e. The molecule has 2 heteroatoms. The summed E-state index contributed by atoms with van der Waals surface area (Å²) in [5, 5.41) is 0. The molecule has 2 rings (SSSR count). The largest absolute Gasteiger partial charge is 0.399 e. The highest BCUT2D eigenvalue weighted by molar-refractivity contribution is 6.05. The zero-order chi connectivity index (χ0) is 9.42. The standard InChI is InChI=1S/C11H14N2/c1-7(2)11-10-5-9(12)4-3-8(10)6-13-11/h3-5,7H,6,12H2,1-2H3. The maximum atomic E-state index is 5.74. The summed E-state index contributed by atoms with van der Waals surface area (Å²) in [5.74, 6) is 0.489. The van der Waals surface area contributed by atoms with Crippen LogP contribution >= 0.6 is 0 Å². The van der Waals surface area contributed by atoms with E-state index >= 15 is 0 Å². The maximum absolute atomic E-state index is 5.74. The molecule has 0 radical (unpaired) electrons. The van der Waals surface area contributed by atoms with Crippen molar-refractivity contribution < 1.29 is 0 Å². The van der Waals surface area contributed by atoms with Crippen LogP contribution in [0.4, 0.5) is 5.69 Å². The van der Waals surface area contributed by atoms with Gasteiger partial charge in [-0.15, -0.1) is 0 Å². The van der Waals surface area contributed by atoms with E-state index in [2.05, 4.69) is 24.9 Å². The normalized spacial score (nSPS) is 14.5. The summed E-state index contributed by atoms with van der Waals surface area (Å²) in [6.07, 6.45) is 0. The van der Waals surface area contributed by atoms with Crippen LogP contribution in [0.1, 0.15) is 25.0 Å². The Morgan fingerprint density at radius 1 is 1.38 bits per heavy atom. The number of nitrogen functional groups attached to an aromatic ring is 1. The molecule has 0 unspecified atom stereocenters. The molecule has 0 aliphatic carbocycles. The van der Waals surface area contributed by atoms with Crippen molar-refractivity contribution in [3.63, 3.8) is 0 Å². The summed E-state index contributed by atoms with van der Waals surface area (Å²) in [7, 11) is 0. The first kappa shape index (κ1) is 8.30. The number of fused-ring (bicyclic) bond motifs is 1. The monoisotopic (exact) mass is 174 g/mol. The Bertz CT molecular complexity index is 364. The molecule has 1 aromatic rings. The maximum Gasteiger partial charge on any atom is 0.0649 e. The van der Waals surface area contributed by atoms with Crippen LogP contribution in [0.3, 0.4) is 0 Å². The predicted molar refractivity (Wildman–Crippen MR) is 55.9 cm³/mol. The van der Waals surface area contributed by atoms with E-state index in [0.29, 0.717) is 5.92 Å². The molecule has 0 saturated carbocycles. The van der Waals surface area contributed by atoms with Crippen LogP contribution < -0.4 is 5.73 Å². The summed E-state index contributed by atoms with van der Waals surface area (Å²) in [5.41, 5.74) is 10.3. The van der Waals surface area contributed by atoms with Gasteiger partial charge in [-0.05, 0) is 23.6 Å². The van der Waals surface area contributed by atoms with Crippen molar-refractivity contribution in [1.82, 2.24) is 0 Å². The molecule has 0 saturated heterocycles. The molecule has 0 bridgehead atoms. The van der Waals surface area contributed by atoms with Crippen molar-refractivity contribution in [2.24, 2.45) is 10.9 Å². The number of hydrogen-bond acceptors (Lipinski definition) is 2. The van der Waals surface area contributed by atoms with E-state index in [0.717, 1.165) is 12.2 Å². The van der Waals surface area contributed by atoms with E-state index < -0.39 is 0 Å². The number of aliphatic imine (C=N–C) groups is 1. The third-order valence-corrected chi connectivity index (χ3v) is 2.38. The molecule has 2 nitrogen and oxygen atoms in total. The van der Waals surface area contributed by atoms with Gasteiger partial charge in [0, 0.05) is 17.0 Å². The molecule has 0 amide bonds. The fraction of sp³-hybridized carbons (Fsp3) is 0.364. The molecule has 0 fully saturated rings. The number of nitrogens with two attached hydrogens (primary N) is 1. The van der Waals surface area contributed by atoms with Gasteiger partial charge >= 0.3 is 0 Å². The van der Waals surface area contributed by atoms with Crippen molar-refractivity contribution in [2.75, 3.05) is 5.73 Å². The topological polar surface area (TPSA) is 38.4 Å². The number of benzene rings is 1. The van der Waals surface area contributed by atoms with Crippen LogP contribution in [-0.2, 0) is 6.54 Å². The van der Waals surface area contributed by atoms with Gasteiger partial charge in [-0.2, -0.15) is 0 Å². The molecule has 0 spiro atoms. The molecule has 1 aliphatic rings. The molecule has 1 heterocycles. The second-order valence-electron chi connectivity index (χ2n) is 3.77. The first-order valence-corrected chi connectivity index (χ1v) is 4.61. The minimum absolute atomic E-state index is 0.489. The highest BCUT2D eigenvalue weighted by Crippen LogP contribution is 2.24. The molecule has 1 aliphatic heterocycles. The molecule has 1 aromatic carbocycles. The van der Waals surface area contributed by atoms with Crippen LogP contribution in [0.2, 0.25) is 0 Å². The highest BCUT2D eigenvalue weighted by Gasteiger charge is 2.17. The SMILES string of the molecule is CC(C)C1=NCc2ccc(N)cc21. The Kier molecular flexibility index (Phi) is 1.83. The molecule has 13 heavy (non-hydrogen) atoms. The summed E-state index contributed by atoms with van der Waals surface area (Å²) < 4.78 is 0. The van der Waals surface area contributed by atoms with Crippen molar-refractivity contribution in [1.29, 1.82) is 0 Å². The predicted octanol–water partition coefficient (Wildman–Crippen LogP) is 2.23. The lowest BCUT2D eigenvalue weighted by Gasteiger charge is -2.07. The zero-order valence-electron chi connectivity index (χ0n) is 8.04. The second kappa shape index (κ2) is 2.87. The minimum atomic E-state index is 0.489. The molecular weight excluding hydrogens is 160 g/mol. The van der Waals surface area contributed by atoms with Gasteiger partial charge < -0.3 is 5.73 Å². The average Bonchev–Trinajstić information content (AvgIpc) is 2.46. The van der Waals surface area contributed by atoms with Gasteiger partial charge in [0.15, 0.2) is 0 Å². The number of nitrogens with zero attached hydrogens (tertiary/aromatic N) is 1. The van der Waals surface area contributed by atoms with Gasteiger partial charge in [-0.1, -0.05) is 19.9 Å². The van der Waals surface area contributed by atoms with Gasteiger partial charge in [-0.3, -0.25) is 4.99 Å². The second-order valence-corrected chi connectivity index (χ2v) is 3.77. The molecule has 0 atom stereocenters. The van der Waals surface area contributed by atoms with Crippen LogP contribution in [0.15, 0.2) is 23.2 Å². The van der Waals surface area contributed by atoms with E-state index in [4.69, 9.17) is 5.73 Å². The van der Waals surface area contributed by atoms with Gasteiger partial charge in [-0.25, -0.2) is 0 Å². The molecule has 68 valence electrons. The van der Waals surface area contributed by atoms with Gasteiger partial charge in [0.05, 0.1) is 6.54 Å². The Morgan fingerprint density at radius 2 is 2.15 bits per heavy atom. The van der Waals surface area contributed by atoms with Crippen LogP contribution in [0, 0.1) is 5.92 Å². The third kappa shape index (κ3) is 1.32. The van der Waals surface area contributed by atoms with Gasteiger partial charge in [0.2, 0.25) is 0 Å². The quantitative estimate of drug-likeness (QED) is 0.651. The number of rotatable bonds is 1. The van der Waals surface area contributed by atoms with Crippen LogP contribution in [0.25, 0.3) is 0 Å². The number of hydrogen-bond donors (Lipinski definition) is 1. The van der Waals surface area contributed by atoms with Crippen molar-refractivity contribution in [2.45, 2.75) is 20.4 Å². The van der Waals surface area contributed by atoms with Crippen LogP contribution in [0.5, 0.6) is 0 Å². The highest BCUT2D eigenvalue weighted by atomic mass is 14.8. The molecule has 2 N–H and O–H groups in total. The number of anilines is 1. The summed E-state index contributed by atoms with van der Waals surface area (Å²) in [4.78, 5) is 4.51. The Hall–Kier alpha value is -1.31. The summed E-state index contributed by atoms with van der Waals surface area (Å²) in [6, 6.07) is 6.04. The Labute approximate surface area is 78.5 Å². The smallest absolute Gasteiger partial charge is 0.0649 e. The van der Waals surface area contributed by atoms with Crippen LogP contribution in [-0.4, -0.2) is 5.71 Å². The van der Waals surface area contributed by atoms with Gasteiger partial charge in [0.25, 0.3) is 0 Å². The Balaban J connectivity index is 2.48. The van der Waals surface area contributed by atoms with Gasteiger partial charge in [0.1, 0.15) is 0 Å². The lowest BCUT2D eigenvalue weighted by atomic mass is 9.98. The van der Waals surface area contributed by atoms with E-state index in [1.54, 1.807) is 0 Å². The van der Waals surface area contributed by atoms with E-state index in [1.807, 2.05) is 12.1 Å². The summed E-state index contributed by atoms with van der Waals surface area (Å²) >= 11 is 0. The van der Waals surface area contributed by atoms with Crippen molar-refractivity contribution >= 4 is 11.4 Å². The lowest BCUT2D eigenvalue weighted by molar-refractivity contribution is 0.882. The lowest BCUT2D eigenvalue weighted by Crippen LogP contribution is -2.07. The Morgan fingerprint density at radius 3 is 2.85 bits per heavy atom. The average molecular weight is 174 g/mol. The van der Waals surface area contributed by atoms with E-state index in [-0.39, 0.29) is 0 Å². The fourth-order valence-corrected chi connectivity index (χ4v) is 1.72. The first-order valence-electron chi connectivity index (χ1n) is 4.61.